The van der Waals surface area contributed by atoms with Gasteiger partial charge in [-0.2, -0.15) is 0 Å². The lowest BCUT2D eigenvalue weighted by atomic mass is 10.3. The van der Waals surface area contributed by atoms with E-state index in [0.29, 0.717) is 29.6 Å². The maximum atomic E-state index is 12.7. The molecule has 1 aromatic heterocycles. The molecule has 140 valence electrons. The van der Waals surface area contributed by atoms with Crippen molar-refractivity contribution in [1.82, 2.24) is 9.88 Å². The molecule has 0 spiro atoms. The van der Waals surface area contributed by atoms with Crippen molar-refractivity contribution in [2.45, 2.75) is 33.4 Å². The molecule has 0 radical (unpaired) electrons. The van der Waals surface area contributed by atoms with Crippen LogP contribution in [0.2, 0.25) is 0 Å². The van der Waals surface area contributed by atoms with Crippen LogP contribution in [0.25, 0.3) is 0 Å². The molecule has 0 aliphatic heterocycles. The standard InChI is InChI=1S/C18H23N3O4S/c1-5-25-17(22)15-11-26-16(20-15)10-21(12(2)3)18(23)19-13-7-6-8-14(9-13)24-4/h6-9,11-12H,5,10H2,1-4H3,(H,19,23). The largest absolute Gasteiger partial charge is 0.497 e. The van der Waals surface area contributed by atoms with Gasteiger partial charge < -0.3 is 19.7 Å². The van der Waals surface area contributed by atoms with Gasteiger partial charge in [-0.3, -0.25) is 0 Å². The Morgan fingerprint density at radius 1 is 1.35 bits per heavy atom. The predicted octanol–water partition coefficient (Wildman–Crippen LogP) is 3.77. The highest BCUT2D eigenvalue weighted by Crippen LogP contribution is 2.19. The molecule has 0 atom stereocenters. The number of nitrogens with zero attached hydrogens (tertiary/aromatic N) is 2. The number of carbonyl (C=O) groups excluding carboxylic acids is 2. The molecule has 0 aliphatic carbocycles. The SMILES string of the molecule is CCOC(=O)c1csc(CN(C(=O)Nc2cccc(OC)c2)C(C)C)n1. The van der Waals surface area contributed by atoms with Gasteiger partial charge in [-0.15, -0.1) is 11.3 Å². The predicted molar refractivity (Wildman–Crippen MR) is 101 cm³/mol. The fraction of sp³-hybridized carbons (Fsp3) is 0.389. The zero-order valence-corrected chi connectivity index (χ0v) is 16.1. The minimum atomic E-state index is -0.452. The average Bonchev–Trinajstić information content (AvgIpc) is 3.08. The van der Waals surface area contributed by atoms with Gasteiger partial charge >= 0.3 is 12.0 Å². The molecule has 0 unspecified atom stereocenters. The average molecular weight is 377 g/mol. The molecule has 1 N–H and O–H groups in total. The van der Waals surface area contributed by atoms with Crippen molar-refractivity contribution in [2.75, 3.05) is 19.0 Å². The highest BCUT2D eigenvalue weighted by atomic mass is 32.1. The van der Waals surface area contributed by atoms with E-state index in [-0.39, 0.29) is 17.8 Å². The number of hydrogen-bond acceptors (Lipinski definition) is 6. The summed E-state index contributed by atoms with van der Waals surface area (Å²) >= 11 is 1.33. The highest BCUT2D eigenvalue weighted by molar-refractivity contribution is 7.09. The minimum absolute atomic E-state index is 0.0458. The van der Waals surface area contributed by atoms with Crippen molar-refractivity contribution in [3.63, 3.8) is 0 Å². The second kappa shape index (κ2) is 9.19. The summed E-state index contributed by atoms with van der Waals surface area (Å²) in [5, 5.41) is 5.17. The number of methoxy groups -OCH3 is 1. The Balaban J connectivity index is 2.08. The number of ether oxygens (including phenoxy) is 2. The van der Waals surface area contributed by atoms with Crippen molar-refractivity contribution in [2.24, 2.45) is 0 Å². The van der Waals surface area contributed by atoms with Crippen molar-refractivity contribution < 1.29 is 19.1 Å². The maximum absolute atomic E-state index is 12.7. The number of hydrogen-bond donors (Lipinski definition) is 1. The Kier molecular flexibility index (Phi) is 6.97. The first-order valence-electron chi connectivity index (χ1n) is 8.27. The van der Waals surface area contributed by atoms with Gasteiger partial charge in [-0.1, -0.05) is 6.07 Å². The zero-order valence-electron chi connectivity index (χ0n) is 15.3. The fourth-order valence-electron chi connectivity index (χ4n) is 2.21. The third-order valence-electron chi connectivity index (χ3n) is 3.55. The topological polar surface area (TPSA) is 80.8 Å². The number of aromatic nitrogens is 1. The first-order chi connectivity index (χ1) is 12.4. The van der Waals surface area contributed by atoms with E-state index in [1.807, 2.05) is 19.9 Å². The number of rotatable bonds is 7. The Hall–Kier alpha value is -2.61. The highest BCUT2D eigenvalue weighted by Gasteiger charge is 2.20. The van der Waals surface area contributed by atoms with Crippen LogP contribution in [-0.4, -0.2) is 41.6 Å². The molecule has 26 heavy (non-hydrogen) atoms. The lowest BCUT2D eigenvalue weighted by molar-refractivity contribution is 0.0520. The molecule has 0 saturated heterocycles. The summed E-state index contributed by atoms with van der Waals surface area (Å²) in [6.45, 7) is 6.19. The Morgan fingerprint density at radius 3 is 2.77 bits per heavy atom. The summed E-state index contributed by atoms with van der Waals surface area (Å²) in [5.41, 5.74) is 0.912. The van der Waals surface area contributed by atoms with Crippen LogP contribution in [0.1, 0.15) is 36.3 Å². The summed E-state index contributed by atoms with van der Waals surface area (Å²) in [7, 11) is 1.57. The second-order valence-electron chi connectivity index (χ2n) is 5.73. The van der Waals surface area contributed by atoms with E-state index in [1.165, 1.54) is 11.3 Å². The molecule has 0 fully saturated rings. The van der Waals surface area contributed by atoms with Crippen molar-refractivity contribution in [1.29, 1.82) is 0 Å². The summed E-state index contributed by atoms with van der Waals surface area (Å²) in [6, 6.07) is 6.86. The smallest absolute Gasteiger partial charge is 0.357 e. The van der Waals surface area contributed by atoms with Crippen molar-refractivity contribution in [3.05, 3.63) is 40.3 Å². The summed E-state index contributed by atoms with van der Waals surface area (Å²) < 4.78 is 10.1. The van der Waals surface area contributed by atoms with E-state index >= 15 is 0 Å². The molecule has 2 aromatic rings. The number of benzene rings is 1. The van der Waals surface area contributed by atoms with Crippen LogP contribution in [-0.2, 0) is 11.3 Å². The monoisotopic (exact) mass is 377 g/mol. The van der Waals surface area contributed by atoms with Crippen LogP contribution in [0.4, 0.5) is 10.5 Å². The number of esters is 1. The molecule has 1 aromatic carbocycles. The van der Waals surface area contributed by atoms with Crippen LogP contribution in [0.5, 0.6) is 5.75 Å². The molecular weight excluding hydrogens is 354 g/mol. The zero-order chi connectivity index (χ0) is 19.1. The summed E-state index contributed by atoms with van der Waals surface area (Å²) in [5.74, 6) is 0.213. The van der Waals surface area contributed by atoms with Crippen molar-refractivity contribution >= 4 is 29.0 Å². The normalized spacial score (nSPS) is 10.5. The summed E-state index contributed by atoms with van der Waals surface area (Å²) in [6.07, 6.45) is 0. The molecule has 0 bridgehead atoms. The van der Waals surface area contributed by atoms with E-state index in [1.54, 1.807) is 42.5 Å². The molecule has 0 saturated carbocycles. The first kappa shape index (κ1) is 19.7. The van der Waals surface area contributed by atoms with Gasteiger partial charge in [-0.25, -0.2) is 14.6 Å². The van der Waals surface area contributed by atoms with Crippen LogP contribution < -0.4 is 10.1 Å². The molecule has 2 amide bonds. The second-order valence-corrected chi connectivity index (χ2v) is 6.67. The van der Waals surface area contributed by atoms with Crippen LogP contribution in [0.3, 0.4) is 0 Å². The van der Waals surface area contributed by atoms with E-state index < -0.39 is 5.97 Å². The maximum Gasteiger partial charge on any atom is 0.357 e. The van der Waals surface area contributed by atoms with Crippen LogP contribution >= 0.6 is 11.3 Å². The van der Waals surface area contributed by atoms with Gasteiger partial charge in [0, 0.05) is 23.2 Å². The minimum Gasteiger partial charge on any atom is -0.497 e. The number of carbonyl (C=O) groups is 2. The molecule has 1 heterocycles. The Morgan fingerprint density at radius 2 is 2.12 bits per heavy atom. The van der Waals surface area contributed by atoms with Gasteiger partial charge in [0.1, 0.15) is 10.8 Å². The molecule has 0 aliphatic rings. The van der Waals surface area contributed by atoms with E-state index in [4.69, 9.17) is 9.47 Å². The first-order valence-corrected chi connectivity index (χ1v) is 9.15. The lowest BCUT2D eigenvalue weighted by Gasteiger charge is -2.26. The molecule has 2 rings (SSSR count). The lowest BCUT2D eigenvalue weighted by Crippen LogP contribution is -2.39. The van der Waals surface area contributed by atoms with E-state index in [0.717, 1.165) is 0 Å². The fourth-order valence-corrected chi connectivity index (χ4v) is 2.97. The van der Waals surface area contributed by atoms with Gasteiger partial charge in [0.25, 0.3) is 0 Å². The summed E-state index contributed by atoms with van der Waals surface area (Å²) in [4.78, 5) is 30.3. The van der Waals surface area contributed by atoms with E-state index in [9.17, 15) is 9.59 Å². The van der Waals surface area contributed by atoms with Crippen LogP contribution in [0, 0.1) is 0 Å². The number of urea groups is 1. The molecule has 8 heteroatoms. The van der Waals surface area contributed by atoms with Gasteiger partial charge in [0.15, 0.2) is 5.69 Å². The number of anilines is 1. The Bertz CT molecular complexity index is 760. The Labute approximate surface area is 156 Å². The molecular formula is C18H23N3O4S. The number of nitrogens with one attached hydrogen (secondary N) is 1. The van der Waals surface area contributed by atoms with Gasteiger partial charge in [-0.05, 0) is 32.9 Å². The van der Waals surface area contributed by atoms with Gasteiger partial charge in [0.05, 0.1) is 20.3 Å². The van der Waals surface area contributed by atoms with Crippen molar-refractivity contribution in [3.8, 4) is 5.75 Å². The quantitative estimate of drug-likeness (QED) is 0.743. The number of amides is 2. The number of thiazole rings is 1. The molecule has 7 nitrogen and oxygen atoms in total. The third kappa shape index (κ3) is 5.19. The van der Waals surface area contributed by atoms with E-state index in [2.05, 4.69) is 10.3 Å². The van der Waals surface area contributed by atoms with Gasteiger partial charge in [0.2, 0.25) is 0 Å². The third-order valence-corrected chi connectivity index (χ3v) is 4.38. The van der Waals surface area contributed by atoms with Crippen LogP contribution in [0.15, 0.2) is 29.6 Å².